The molecule has 12 heteroatoms. The summed E-state index contributed by atoms with van der Waals surface area (Å²) in [6.07, 6.45) is 5.49. The predicted molar refractivity (Wildman–Crippen MR) is 180 cm³/mol. The van der Waals surface area contributed by atoms with Gasteiger partial charge in [0.05, 0.1) is 17.9 Å². The number of carbonyl (C=O) groups is 3. The third-order valence-electron chi connectivity index (χ3n) is 7.90. The van der Waals surface area contributed by atoms with Crippen molar-refractivity contribution >= 4 is 35.4 Å². The third-order valence-corrected chi connectivity index (χ3v) is 7.90. The summed E-state index contributed by atoms with van der Waals surface area (Å²) in [5, 5.41) is 24.5. The minimum atomic E-state index is -0.582. The molecule has 6 rings (SSSR count). The maximum absolute atomic E-state index is 13.1. The van der Waals surface area contributed by atoms with Crippen LogP contribution < -0.4 is 16.0 Å². The quantitative estimate of drug-likeness (QED) is 0.175. The number of H-pyrrole nitrogens is 2. The monoisotopic (exact) mass is 634 g/mol. The smallest absolute Gasteiger partial charge is 0.410 e. The molecule has 0 bridgehead atoms. The first-order valence-corrected chi connectivity index (χ1v) is 15.6. The van der Waals surface area contributed by atoms with Crippen LogP contribution in [0.5, 0.6) is 0 Å². The number of carbonyl (C=O) groups excluding carboxylic acids is 3. The number of nitrogens with zero attached hydrogens (tertiary/aromatic N) is 3. The Morgan fingerprint density at radius 1 is 0.915 bits per heavy atom. The zero-order valence-electron chi connectivity index (χ0n) is 26.7. The molecular formula is C35H38N8O4. The molecule has 0 aliphatic carbocycles. The molecule has 47 heavy (non-hydrogen) atoms. The van der Waals surface area contributed by atoms with E-state index in [1.54, 1.807) is 23.1 Å². The van der Waals surface area contributed by atoms with Crippen molar-refractivity contribution in [2.45, 2.75) is 52.3 Å². The van der Waals surface area contributed by atoms with E-state index in [0.29, 0.717) is 43.0 Å². The van der Waals surface area contributed by atoms with Crippen molar-refractivity contribution in [2.75, 3.05) is 23.7 Å². The van der Waals surface area contributed by atoms with Gasteiger partial charge in [-0.3, -0.25) is 19.8 Å². The summed E-state index contributed by atoms with van der Waals surface area (Å²) in [6.45, 7) is 11.6. The summed E-state index contributed by atoms with van der Waals surface area (Å²) in [4.78, 5) is 39.6. The SMILES string of the molecule is C=CC(=O)Nc1cc(/C=C/C(=O)Nc2cccc(-c3n[nH]c4c3CN(C(=O)OC(C)(C)C)CC4)c2)cc(-c2n[nH]c3c2CNCC3)c1. The van der Waals surface area contributed by atoms with E-state index in [9.17, 15) is 14.4 Å². The summed E-state index contributed by atoms with van der Waals surface area (Å²) in [5.74, 6) is -0.665. The van der Waals surface area contributed by atoms with Gasteiger partial charge in [-0.1, -0.05) is 18.7 Å². The van der Waals surface area contributed by atoms with Crippen molar-refractivity contribution < 1.29 is 19.1 Å². The summed E-state index contributed by atoms with van der Waals surface area (Å²) in [7, 11) is 0. The molecule has 2 aliphatic rings. The molecule has 0 spiro atoms. The predicted octanol–water partition coefficient (Wildman–Crippen LogP) is 5.18. The van der Waals surface area contributed by atoms with Crippen LogP contribution in [0, 0.1) is 0 Å². The molecular weight excluding hydrogens is 596 g/mol. The molecule has 3 amide bonds. The minimum Gasteiger partial charge on any atom is -0.444 e. The molecule has 2 aliphatic heterocycles. The maximum Gasteiger partial charge on any atom is 0.410 e. The summed E-state index contributed by atoms with van der Waals surface area (Å²) in [6, 6.07) is 13.0. The number of rotatable bonds is 7. The Bertz CT molecular complexity index is 1880. The Labute approximate surface area is 272 Å². The van der Waals surface area contributed by atoms with Gasteiger partial charge in [-0.15, -0.1) is 0 Å². The second kappa shape index (κ2) is 13.1. The van der Waals surface area contributed by atoms with Crippen LogP contribution in [-0.4, -0.2) is 61.9 Å². The Morgan fingerprint density at radius 2 is 1.64 bits per heavy atom. The Hall–Kier alpha value is -5.49. The number of ether oxygens (including phenoxy) is 1. The second-order valence-corrected chi connectivity index (χ2v) is 12.6. The van der Waals surface area contributed by atoms with Gasteiger partial charge < -0.3 is 25.6 Å². The molecule has 0 fully saturated rings. The number of anilines is 2. The van der Waals surface area contributed by atoms with Crippen molar-refractivity contribution in [1.29, 1.82) is 0 Å². The number of amides is 3. The van der Waals surface area contributed by atoms with Crippen LogP contribution in [-0.2, 0) is 40.3 Å². The molecule has 12 nitrogen and oxygen atoms in total. The maximum atomic E-state index is 13.1. The van der Waals surface area contributed by atoms with Crippen molar-refractivity contribution in [3.05, 3.63) is 89.3 Å². The van der Waals surface area contributed by atoms with Gasteiger partial charge in [0.2, 0.25) is 11.8 Å². The zero-order valence-corrected chi connectivity index (χ0v) is 26.7. The van der Waals surface area contributed by atoms with E-state index in [4.69, 9.17) is 4.74 Å². The minimum absolute atomic E-state index is 0.328. The molecule has 0 radical (unpaired) electrons. The van der Waals surface area contributed by atoms with Crippen LogP contribution in [0.15, 0.2) is 61.2 Å². The van der Waals surface area contributed by atoms with Gasteiger partial charge in [0.25, 0.3) is 0 Å². The highest BCUT2D eigenvalue weighted by atomic mass is 16.6. The van der Waals surface area contributed by atoms with Crippen molar-refractivity contribution in [1.82, 2.24) is 30.6 Å². The molecule has 2 aromatic heterocycles. The average molecular weight is 635 g/mol. The summed E-state index contributed by atoms with van der Waals surface area (Å²) < 4.78 is 5.58. The Morgan fingerprint density at radius 3 is 2.40 bits per heavy atom. The topological polar surface area (TPSA) is 157 Å². The normalized spacial score (nSPS) is 14.3. The summed E-state index contributed by atoms with van der Waals surface area (Å²) >= 11 is 0. The van der Waals surface area contributed by atoms with E-state index in [1.165, 1.54) is 12.2 Å². The Kier molecular flexibility index (Phi) is 8.77. The molecule has 4 aromatic rings. The number of hydrogen-bond acceptors (Lipinski definition) is 7. The number of fused-ring (bicyclic) bond motifs is 2. The van der Waals surface area contributed by atoms with Gasteiger partial charge in [0.1, 0.15) is 5.60 Å². The van der Waals surface area contributed by atoms with Crippen LogP contribution in [0.3, 0.4) is 0 Å². The first-order valence-electron chi connectivity index (χ1n) is 15.6. The van der Waals surface area contributed by atoms with Gasteiger partial charge >= 0.3 is 6.09 Å². The fraction of sp³-hybridized carbons (Fsp3) is 0.286. The second-order valence-electron chi connectivity index (χ2n) is 12.6. The molecule has 242 valence electrons. The van der Waals surface area contributed by atoms with Crippen LogP contribution in [0.1, 0.15) is 48.8 Å². The molecule has 5 N–H and O–H groups in total. The fourth-order valence-electron chi connectivity index (χ4n) is 5.73. The van der Waals surface area contributed by atoms with E-state index in [2.05, 4.69) is 42.9 Å². The van der Waals surface area contributed by atoms with E-state index in [0.717, 1.165) is 58.0 Å². The van der Waals surface area contributed by atoms with E-state index in [-0.39, 0.29) is 17.9 Å². The zero-order chi connectivity index (χ0) is 33.1. The number of benzene rings is 2. The fourth-order valence-corrected chi connectivity index (χ4v) is 5.73. The van der Waals surface area contributed by atoms with Crippen LogP contribution in [0.25, 0.3) is 28.6 Å². The number of hydrogen-bond donors (Lipinski definition) is 5. The van der Waals surface area contributed by atoms with E-state index >= 15 is 0 Å². The third kappa shape index (κ3) is 7.33. The van der Waals surface area contributed by atoms with E-state index in [1.807, 2.05) is 51.1 Å². The van der Waals surface area contributed by atoms with Crippen LogP contribution in [0.4, 0.5) is 16.2 Å². The molecule has 4 heterocycles. The van der Waals surface area contributed by atoms with Crippen molar-refractivity contribution in [3.8, 4) is 22.5 Å². The number of aromatic nitrogens is 4. The highest BCUT2D eigenvalue weighted by molar-refractivity contribution is 6.03. The van der Waals surface area contributed by atoms with Crippen LogP contribution >= 0.6 is 0 Å². The van der Waals surface area contributed by atoms with Gasteiger partial charge in [0.15, 0.2) is 0 Å². The lowest BCUT2D eigenvalue weighted by Gasteiger charge is -2.30. The largest absolute Gasteiger partial charge is 0.444 e. The molecule has 0 saturated heterocycles. The molecule has 0 unspecified atom stereocenters. The Balaban J connectivity index is 1.19. The lowest BCUT2D eigenvalue weighted by Crippen LogP contribution is -2.39. The number of aromatic amines is 2. The van der Waals surface area contributed by atoms with Gasteiger partial charge in [0, 0.05) is 83.6 Å². The first kappa shape index (κ1) is 31.5. The highest BCUT2D eigenvalue weighted by Crippen LogP contribution is 2.32. The van der Waals surface area contributed by atoms with E-state index < -0.39 is 5.60 Å². The molecule has 0 saturated carbocycles. The van der Waals surface area contributed by atoms with Gasteiger partial charge in [-0.2, -0.15) is 10.2 Å². The lowest BCUT2D eigenvalue weighted by molar-refractivity contribution is -0.112. The molecule has 2 aromatic carbocycles. The van der Waals surface area contributed by atoms with Crippen molar-refractivity contribution in [3.63, 3.8) is 0 Å². The first-order chi connectivity index (χ1) is 22.6. The number of nitrogens with one attached hydrogen (secondary N) is 5. The highest BCUT2D eigenvalue weighted by Gasteiger charge is 2.29. The summed E-state index contributed by atoms with van der Waals surface area (Å²) in [5.41, 5.74) is 8.52. The lowest BCUT2D eigenvalue weighted by atomic mass is 9.99. The molecule has 0 atom stereocenters. The van der Waals surface area contributed by atoms with Crippen LogP contribution in [0.2, 0.25) is 0 Å². The van der Waals surface area contributed by atoms with Crippen molar-refractivity contribution in [2.24, 2.45) is 0 Å². The van der Waals surface area contributed by atoms with Gasteiger partial charge in [-0.05, 0) is 68.8 Å². The van der Waals surface area contributed by atoms with Gasteiger partial charge in [-0.25, -0.2) is 4.79 Å². The standard InChI is InChI=1S/C35H38N8O4/c1-5-30(44)38-25-16-21(15-23(18-25)33-26-19-36-13-11-28(26)39-42-33)9-10-31(45)37-24-8-6-7-22(17-24)32-27-20-43(14-12-29(27)40-41-32)34(46)47-35(2,3)4/h5-10,15-18,36H,1,11-14,19-20H2,2-4H3,(H,37,45)(H,38,44)(H,39,42)(H,40,41)/b10-9+. The average Bonchev–Trinajstić information content (AvgIpc) is 3.67.